The zero-order valence-corrected chi connectivity index (χ0v) is 16.6. The Morgan fingerprint density at radius 1 is 1.04 bits per heavy atom. The largest absolute Gasteiger partial charge is 0.349 e. The predicted octanol–water partition coefficient (Wildman–Crippen LogP) is 3.27. The van der Waals surface area contributed by atoms with Crippen molar-refractivity contribution in [2.24, 2.45) is 5.92 Å². The number of nitrogens with one attached hydrogen (secondary N) is 1. The average molecular weight is 387 g/mol. The first kappa shape index (κ1) is 19.6. The Hall–Kier alpha value is -2.18. The van der Waals surface area contributed by atoms with E-state index in [9.17, 15) is 13.2 Å². The third kappa shape index (κ3) is 4.57. The van der Waals surface area contributed by atoms with Gasteiger partial charge in [0.05, 0.1) is 10.9 Å². The van der Waals surface area contributed by atoms with Gasteiger partial charge in [0.15, 0.2) is 0 Å². The first-order chi connectivity index (χ1) is 12.9. The highest BCUT2D eigenvalue weighted by Crippen LogP contribution is 2.25. The molecule has 0 radical (unpaired) electrons. The van der Waals surface area contributed by atoms with Crippen LogP contribution in [0.5, 0.6) is 0 Å². The summed E-state index contributed by atoms with van der Waals surface area (Å²) in [7, 11) is -3.49. The smallest absolute Gasteiger partial charge is 0.243 e. The number of benzene rings is 2. The molecule has 1 saturated heterocycles. The molecule has 1 N–H and O–H groups in total. The molecule has 3 rings (SSSR count). The van der Waals surface area contributed by atoms with Crippen molar-refractivity contribution in [3.05, 3.63) is 65.7 Å². The third-order valence-corrected chi connectivity index (χ3v) is 7.05. The fraction of sp³-hybridized carbons (Fsp3) is 0.381. The van der Waals surface area contributed by atoms with E-state index < -0.39 is 10.0 Å². The topological polar surface area (TPSA) is 66.5 Å². The molecule has 0 aromatic heterocycles. The van der Waals surface area contributed by atoms with E-state index >= 15 is 0 Å². The maximum Gasteiger partial charge on any atom is 0.243 e. The highest BCUT2D eigenvalue weighted by Gasteiger charge is 2.32. The molecule has 0 unspecified atom stereocenters. The van der Waals surface area contributed by atoms with Crippen molar-refractivity contribution >= 4 is 15.9 Å². The highest BCUT2D eigenvalue weighted by molar-refractivity contribution is 7.89. The summed E-state index contributed by atoms with van der Waals surface area (Å²) < 4.78 is 27.0. The average Bonchev–Trinajstić information content (AvgIpc) is 2.69. The monoisotopic (exact) mass is 386 g/mol. The lowest BCUT2D eigenvalue weighted by Gasteiger charge is -2.31. The van der Waals surface area contributed by atoms with Gasteiger partial charge in [0.1, 0.15) is 0 Å². The molecule has 27 heavy (non-hydrogen) atoms. The maximum absolute atomic E-state index is 12.8. The van der Waals surface area contributed by atoms with Crippen molar-refractivity contribution < 1.29 is 13.2 Å². The quantitative estimate of drug-likeness (QED) is 0.858. The van der Waals surface area contributed by atoms with Crippen molar-refractivity contribution in [2.75, 3.05) is 13.1 Å². The minimum atomic E-state index is -3.49. The van der Waals surface area contributed by atoms with Crippen LogP contribution >= 0.6 is 0 Å². The number of hydrogen-bond acceptors (Lipinski definition) is 3. The molecule has 1 atom stereocenters. The summed E-state index contributed by atoms with van der Waals surface area (Å²) in [5.41, 5.74) is 2.09. The van der Waals surface area contributed by atoms with Gasteiger partial charge in [0, 0.05) is 19.0 Å². The lowest BCUT2D eigenvalue weighted by Crippen LogP contribution is -2.43. The molecular formula is C21H26N2O3S. The molecule has 1 fully saturated rings. The molecule has 1 amide bonds. The first-order valence-corrected chi connectivity index (χ1v) is 10.7. The van der Waals surface area contributed by atoms with Crippen LogP contribution in [0, 0.1) is 12.8 Å². The van der Waals surface area contributed by atoms with E-state index in [0.717, 1.165) is 11.1 Å². The Balaban J connectivity index is 1.58. The Bertz CT molecular complexity index is 871. The number of nitrogens with zero attached hydrogens (tertiary/aromatic N) is 1. The zero-order valence-electron chi connectivity index (χ0n) is 15.8. The summed E-state index contributed by atoms with van der Waals surface area (Å²) in [5, 5.41) is 3.05. The van der Waals surface area contributed by atoms with Crippen LogP contribution in [0.4, 0.5) is 0 Å². The van der Waals surface area contributed by atoms with Crippen LogP contribution in [0.25, 0.3) is 0 Å². The number of amides is 1. The van der Waals surface area contributed by atoms with Gasteiger partial charge in [0.2, 0.25) is 15.9 Å². The highest BCUT2D eigenvalue weighted by atomic mass is 32.2. The summed E-state index contributed by atoms with van der Waals surface area (Å²) in [4.78, 5) is 12.9. The summed E-state index contributed by atoms with van der Waals surface area (Å²) in [6.07, 6.45) is 1.08. The van der Waals surface area contributed by atoms with Gasteiger partial charge in [0.25, 0.3) is 0 Å². The van der Waals surface area contributed by atoms with Gasteiger partial charge in [-0.05, 0) is 44.4 Å². The minimum absolute atomic E-state index is 0.00117. The van der Waals surface area contributed by atoms with Crippen molar-refractivity contribution in [3.8, 4) is 0 Å². The van der Waals surface area contributed by atoms with Gasteiger partial charge in [-0.2, -0.15) is 4.31 Å². The van der Waals surface area contributed by atoms with E-state index in [1.54, 1.807) is 24.3 Å². The zero-order chi connectivity index (χ0) is 19.4. The summed E-state index contributed by atoms with van der Waals surface area (Å²) in [6.45, 7) is 4.63. The normalized spacial score (nSPS) is 17.4. The van der Waals surface area contributed by atoms with Gasteiger partial charge in [-0.25, -0.2) is 8.42 Å². The number of piperidine rings is 1. The van der Waals surface area contributed by atoms with Crippen molar-refractivity contribution in [2.45, 2.75) is 37.6 Å². The molecule has 2 aromatic carbocycles. The Morgan fingerprint density at radius 3 is 2.22 bits per heavy atom. The van der Waals surface area contributed by atoms with E-state index in [-0.39, 0.29) is 17.9 Å². The molecule has 0 spiro atoms. The second-order valence-electron chi connectivity index (χ2n) is 7.13. The van der Waals surface area contributed by atoms with Gasteiger partial charge in [-0.15, -0.1) is 0 Å². The van der Waals surface area contributed by atoms with E-state index in [0.29, 0.717) is 30.8 Å². The number of carbonyl (C=O) groups is 1. The number of hydrogen-bond donors (Lipinski definition) is 1. The van der Waals surface area contributed by atoms with Crippen LogP contribution in [0.2, 0.25) is 0 Å². The predicted molar refractivity (Wildman–Crippen MR) is 106 cm³/mol. The van der Waals surface area contributed by atoms with Crippen LogP contribution in [0.1, 0.15) is 36.9 Å². The molecule has 144 valence electrons. The Kier molecular flexibility index (Phi) is 5.97. The lowest BCUT2D eigenvalue weighted by atomic mass is 9.96. The van der Waals surface area contributed by atoms with Crippen molar-refractivity contribution in [3.63, 3.8) is 0 Å². The molecule has 0 bridgehead atoms. The molecule has 0 saturated carbocycles. The van der Waals surface area contributed by atoms with Crippen LogP contribution in [-0.2, 0) is 14.8 Å². The van der Waals surface area contributed by atoms with E-state index in [2.05, 4.69) is 5.32 Å². The molecule has 1 aliphatic rings. The Morgan fingerprint density at radius 2 is 1.63 bits per heavy atom. The fourth-order valence-electron chi connectivity index (χ4n) is 3.37. The standard InChI is InChI=1S/C21H26N2O3S/c1-16-8-10-20(11-9-16)27(25,26)23-14-12-19(13-15-23)21(24)22-17(2)18-6-4-3-5-7-18/h3-11,17,19H,12-15H2,1-2H3,(H,22,24)/t17-/m0/s1. The van der Waals surface area contributed by atoms with Crippen LogP contribution < -0.4 is 5.32 Å². The van der Waals surface area contributed by atoms with Gasteiger partial charge in [-0.1, -0.05) is 48.0 Å². The maximum atomic E-state index is 12.8. The van der Waals surface area contributed by atoms with Crippen LogP contribution in [0.3, 0.4) is 0 Å². The number of sulfonamides is 1. The summed E-state index contributed by atoms with van der Waals surface area (Å²) in [5.74, 6) is -0.153. The molecule has 1 aliphatic heterocycles. The lowest BCUT2D eigenvalue weighted by molar-refractivity contribution is -0.126. The number of aryl methyl sites for hydroxylation is 1. The van der Waals surface area contributed by atoms with E-state index in [1.807, 2.05) is 44.2 Å². The minimum Gasteiger partial charge on any atom is -0.349 e. The second-order valence-corrected chi connectivity index (χ2v) is 9.07. The molecule has 2 aromatic rings. The van der Waals surface area contributed by atoms with Gasteiger partial charge >= 0.3 is 0 Å². The molecule has 1 heterocycles. The number of carbonyl (C=O) groups excluding carboxylic acids is 1. The molecule has 0 aliphatic carbocycles. The fourth-order valence-corrected chi connectivity index (χ4v) is 4.84. The summed E-state index contributed by atoms with van der Waals surface area (Å²) in [6, 6.07) is 16.7. The van der Waals surface area contributed by atoms with E-state index in [4.69, 9.17) is 0 Å². The van der Waals surface area contributed by atoms with Gasteiger partial charge in [-0.3, -0.25) is 4.79 Å². The first-order valence-electron chi connectivity index (χ1n) is 9.30. The SMILES string of the molecule is Cc1ccc(S(=O)(=O)N2CCC(C(=O)N[C@@H](C)c3ccccc3)CC2)cc1. The second kappa shape index (κ2) is 8.23. The van der Waals surface area contributed by atoms with Crippen LogP contribution in [-0.4, -0.2) is 31.7 Å². The molecule has 5 nitrogen and oxygen atoms in total. The van der Waals surface area contributed by atoms with Crippen molar-refractivity contribution in [1.29, 1.82) is 0 Å². The molecule has 6 heteroatoms. The van der Waals surface area contributed by atoms with Crippen molar-refractivity contribution in [1.82, 2.24) is 9.62 Å². The number of rotatable bonds is 5. The summed E-state index contributed by atoms with van der Waals surface area (Å²) >= 11 is 0. The Labute approximate surface area is 161 Å². The van der Waals surface area contributed by atoms with Gasteiger partial charge < -0.3 is 5.32 Å². The van der Waals surface area contributed by atoms with E-state index in [1.165, 1.54) is 4.31 Å². The van der Waals surface area contributed by atoms with Crippen LogP contribution in [0.15, 0.2) is 59.5 Å². The molecular weight excluding hydrogens is 360 g/mol. The third-order valence-electron chi connectivity index (χ3n) is 5.14.